The van der Waals surface area contributed by atoms with Crippen molar-refractivity contribution in [3.8, 4) is 11.3 Å². The van der Waals surface area contributed by atoms with Crippen LogP contribution in [0.2, 0.25) is 0 Å². The van der Waals surface area contributed by atoms with Crippen LogP contribution in [0.3, 0.4) is 0 Å². The summed E-state index contributed by atoms with van der Waals surface area (Å²) in [5.74, 6) is -1.31. The second-order valence-corrected chi connectivity index (χ2v) is 10.7. The molecule has 0 unspecified atom stereocenters. The summed E-state index contributed by atoms with van der Waals surface area (Å²) < 4.78 is 36.6. The monoisotopic (exact) mass is 543 g/mol. The Morgan fingerprint density at radius 3 is 2.55 bits per heavy atom. The van der Waals surface area contributed by atoms with Crippen LogP contribution in [0.5, 0.6) is 0 Å². The number of benzene rings is 1. The number of aryl methyl sites for hydroxylation is 1. The predicted octanol–water partition coefficient (Wildman–Crippen LogP) is 3.50. The Labute approximate surface area is 223 Å². The summed E-state index contributed by atoms with van der Waals surface area (Å²) in [4.78, 5) is 29.1. The van der Waals surface area contributed by atoms with Crippen LogP contribution in [-0.2, 0) is 27.0 Å². The van der Waals surface area contributed by atoms with Gasteiger partial charge in [-0.2, -0.15) is 4.31 Å². The quantitative estimate of drug-likeness (QED) is 0.279. The molecule has 38 heavy (non-hydrogen) atoms. The summed E-state index contributed by atoms with van der Waals surface area (Å²) >= 11 is 0. The van der Waals surface area contributed by atoms with Crippen molar-refractivity contribution in [2.45, 2.75) is 45.1 Å². The lowest BCUT2D eigenvalue weighted by Gasteiger charge is -2.18. The molecule has 2 aromatic heterocycles. The van der Waals surface area contributed by atoms with Gasteiger partial charge in [-0.3, -0.25) is 9.59 Å². The number of pyridine rings is 1. The Balaban J connectivity index is 1.68. The molecular weight excluding hydrogens is 510 g/mol. The highest BCUT2D eigenvalue weighted by Crippen LogP contribution is 2.44. The average Bonchev–Trinajstić information content (AvgIpc) is 3.67. The summed E-state index contributed by atoms with van der Waals surface area (Å²) in [6.07, 6.45) is 2.57. The molecule has 0 aliphatic heterocycles. The standard InChI is InChI=1S/C27H33N3O7S/c1-16-6-8-18(9-7-16)24-23(25(31)28-2)21-13-20(17-10-11-17)22(29-26(21)37-24)14-30(38(34)35)12-4-5-19(15-36-3)27(32)33/h6-9,13,17,19,38H,4-5,10-12,14-15H2,1-3H3,(H,28,31)(H,32,33)/t19-/m1/s1. The van der Waals surface area contributed by atoms with E-state index in [2.05, 4.69) is 5.32 Å². The number of nitrogens with one attached hydrogen (secondary N) is 1. The molecule has 1 atom stereocenters. The number of amides is 1. The third-order valence-electron chi connectivity index (χ3n) is 6.83. The molecule has 2 heterocycles. The highest BCUT2D eigenvalue weighted by molar-refractivity contribution is 7.69. The van der Waals surface area contributed by atoms with Gasteiger partial charge in [0.25, 0.3) is 5.91 Å². The topological polar surface area (TPSA) is 139 Å². The number of aliphatic carboxylic acids is 1. The molecule has 1 amide bonds. The molecule has 1 aliphatic carbocycles. The Morgan fingerprint density at radius 2 is 1.97 bits per heavy atom. The number of hydrogen-bond acceptors (Lipinski definition) is 7. The number of rotatable bonds is 13. The van der Waals surface area contributed by atoms with E-state index in [4.69, 9.17) is 14.1 Å². The number of carboxylic acids is 1. The summed E-state index contributed by atoms with van der Waals surface area (Å²) in [7, 11) is 0.0709. The van der Waals surface area contributed by atoms with Crippen LogP contribution in [0.25, 0.3) is 22.4 Å². The number of thiol groups is 1. The van der Waals surface area contributed by atoms with Crippen LogP contribution in [0, 0.1) is 12.8 Å². The normalized spacial score (nSPS) is 14.3. The summed E-state index contributed by atoms with van der Waals surface area (Å²) in [5.41, 5.74) is 3.98. The van der Waals surface area contributed by atoms with Crippen molar-refractivity contribution in [1.82, 2.24) is 14.6 Å². The molecule has 0 radical (unpaired) electrons. The van der Waals surface area contributed by atoms with Gasteiger partial charge in [0.2, 0.25) is 16.6 Å². The van der Waals surface area contributed by atoms with Crippen molar-refractivity contribution < 1.29 is 32.3 Å². The van der Waals surface area contributed by atoms with Gasteiger partial charge in [0.05, 0.1) is 35.7 Å². The van der Waals surface area contributed by atoms with Crippen molar-refractivity contribution >= 4 is 33.9 Å². The van der Waals surface area contributed by atoms with Gasteiger partial charge < -0.3 is 19.6 Å². The number of methoxy groups -OCH3 is 1. The second kappa shape index (κ2) is 12.1. The summed E-state index contributed by atoms with van der Waals surface area (Å²) in [5, 5.41) is 12.6. The minimum Gasteiger partial charge on any atom is -0.481 e. The van der Waals surface area contributed by atoms with E-state index in [9.17, 15) is 23.1 Å². The van der Waals surface area contributed by atoms with Crippen LogP contribution in [0.4, 0.5) is 0 Å². The number of ether oxygens (including phenoxy) is 1. The largest absolute Gasteiger partial charge is 0.481 e. The number of furan rings is 1. The summed E-state index contributed by atoms with van der Waals surface area (Å²) in [6.45, 7) is 2.24. The lowest BCUT2D eigenvalue weighted by molar-refractivity contribution is -0.143. The van der Waals surface area contributed by atoms with Gasteiger partial charge in [-0.1, -0.05) is 29.8 Å². The molecule has 3 aromatic rings. The van der Waals surface area contributed by atoms with E-state index in [1.165, 1.54) is 11.4 Å². The van der Waals surface area contributed by atoms with Crippen molar-refractivity contribution in [2.24, 2.45) is 5.92 Å². The van der Waals surface area contributed by atoms with Crippen LogP contribution in [0.15, 0.2) is 34.7 Å². The van der Waals surface area contributed by atoms with Crippen molar-refractivity contribution in [2.75, 3.05) is 27.3 Å². The number of nitrogens with zero attached hydrogens (tertiary/aromatic N) is 2. The first-order chi connectivity index (χ1) is 18.2. The third kappa shape index (κ3) is 6.23. The molecule has 0 saturated heterocycles. The zero-order valence-corrected chi connectivity index (χ0v) is 22.6. The zero-order valence-electron chi connectivity index (χ0n) is 21.7. The molecule has 0 spiro atoms. The maximum atomic E-state index is 12.9. The first-order valence-corrected chi connectivity index (χ1v) is 13.7. The smallest absolute Gasteiger partial charge is 0.308 e. The summed E-state index contributed by atoms with van der Waals surface area (Å²) in [6, 6.07) is 9.57. The zero-order chi connectivity index (χ0) is 27.4. The molecule has 0 bridgehead atoms. The van der Waals surface area contributed by atoms with Gasteiger partial charge in [0.15, 0.2) is 0 Å². The number of carboxylic acid groups (broad SMARTS) is 1. The molecule has 11 heteroatoms. The van der Waals surface area contributed by atoms with Gasteiger partial charge in [-0.05, 0) is 50.2 Å². The molecule has 2 N–H and O–H groups in total. The Bertz CT molecular complexity index is 1390. The molecule has 204 valence electrons. The molecule has 1 saturated carbocycles. The lowest BCUT2D eigenvalue weighted by atomic mass is 10.0. The minimum atomic E-state index is -2.93. The molecule has 1 aliphatic rings. The number of carbonyl (C=O) groups excluding carboxylic acids is 1. The van der Waals surface area contributed by atoms with Gasteiger partial charge in [-0.25, -0.2) is 13.4 Å². The lowest BCUT2D eigenvalue weighted by Crippen LogP contribution is -2.26. The van der Waals surface area contributed by atoms with Gasteiger partial charge in [-0.15, -0.1) is 0 Å². The van der Waals surface area contributed by atoms with E-state index < -0.39 is 22.8 Å². The molecule has 10 nitrogen and oxygen atoms in total. The predicted molar refractivity (Wildman–Crippen MR) is 143 cm³/mol. The minimum absolute atomic E-state index is 0.0400. The van der Waals surface area contributed by atoms with E-state index in [-0.39, 0.29) is 37.2 Å². The molecule has 1 aromatic carbocycles. The molecular formula is C27H33N3O7S. The maximum absolute atomic E-state index is 12.9. The van der Waals surface area contributed by atoms with Crippen molar-refractivity contribution in [3.05, 3.63) is 52.7 Å². The average molecular weight is 544 g/mol. The third-order valence-corrected chi connectivity index (χ3v) is 7.63. The van der Waals surface area contributed by atoms with Crippen molar-refractivity contribution in [3.63, 3.8) is 0 Å². The van der Waals surface area contributed by atoms with Crippen LogP contribution < -0.4 is 5.32 Å². The fourth-order valence-electron chi connectivity index (χ4n) is 4.60. The van der Waals surface area contributed by atoms with Crippen molar-refractivity contribution in [1.29, 1.82) is 0 Å². The first-order valence-electron chi connectivity index (χ1n) is 12.6. The maximum Gasteiger partial charge on any atom is 0.308 e. The van der Waals surface area contributed by atoms with Gasteiger partial charge >= 0.3 is 5.97 Å². The highest BCUT2D eigenvalue weighted by Gasteiger charge is 2.31. The van der Waals surface area contributed by atoms with Gasteiger partial charge in [0.1, 0.15) is 5.76 Å². The number of aromatic nitrogens is 1. The van der Waals surface area contributed by atoms with E-state index in [0.29, 0.717) is 35.2 Å². The molecule has 1 fully saturated rings. The van der Waals surface area contributed by atoms with Crippen LogP contribution in [0.1, 0.15) is 58.8 Å². The Hall–Kier alpha value is -3.28. The Morgan fingerprint density at radius 1 is 1.26 bits per heavy atom. The highest BCUT2D eigenvalue weighted by atomic mass is 32.2. The van der Waals surface area contributed by atoms with Crippen LogP contribution >= 0.6 is 0 Å². The van der Waals surface area contributed by atoms with Crippen LogP contribution in [-0.4, -0.2) is 62.0 Å². The SMILES string of the molecule is CNC(=O)c1c(-c2ccc(C)cc2)oc2nc(CN(CCC[C@H](COC)C(=O)O)[SH](=O)=O)c(C3CC3)cc12. The first kappa shape index (κ1) is 27.7. The van der Waals surface area contributed by atoms with Gasteiger partial charge in [0, 0.05) is 26.3 Å². The second-order valence-electron chi connectivity index (χ2n) is 9.66. The fraction of sp³-hybridized carbons (Fsp3) is 0.444. The fourth-order valence-corrected chi connectivity index (χ4v) is 5.15. The number of hydrogen-bond donors (Lipinski definition) is 3. The number of carbonyl (C=O) groups is 2. The number of fused-ring (bicyclic) bond motifs is 1. The van der Waals surface area contributed by atoms with E-state index in [0.717, 1.165) is 29.5 Å². The van der Waals surface area contributed by atoms with E-state index >= 15 is 0 Å². The van der Waals surface area contributed by atoms with E-state index in [1.54, 1.807) is 7.05 Å². The van der Waals surface area contributed by atoms with E-state index in [1.807, 2.05) is 37.3 Å². The Kier molecular flexibility index (Phi) is 8.80. The molecule has 4 rings (SSSR count).